The lowest BCUT2D eigenvalue weighted by Crippen LogP contribution is -2.47. The van der Waals surface area contributed by atoms with E-state index in [0.29, 0.717) is 0 Å². The molecule has 0 aromatic heterocycles. The van der Waals surface area contributed by atoms with Crippen LogP contribution in [0.4, 0.5) is 4.79 Å². The van der Waals surface area contributed by atoms with Crippen LogP contribution in [-0.2, 0) is 5.54 Å². The van der Waals surface area contributed by atoms with E-state index in [1.807, 2.05) is 4.90 Å². The minimum absolute atomic E-state index is 0.0894. The maximum Gasteiger partial charge on any atom is 0.318 e. The zero-order chi connectivity index (χ0) is 14.2. The molecule has 1 aliphatic carbocycles. The maximum absolute atomic E-state index is 12.4. The Kier molecular flexibility index (Phi) is 3.45. The van der Waals surface area contributed by atoms with E-state index in [4.69, 9.17) is 0 Å². The Labute approximate surface area is 121 Å². The molecule has 0 atom stereocenters. The lowest BCUT2D eigenvalue weighted by molar-refractivity contribution is 0.169. The van der Waals surface area contributed by atoms with Crippen LogP contribution in [0, 0.1) is 12.8 Å². The van der Waals surface area contributed by atoms with Gasteiger partial charge in [0.2, 0.25) is 0 Å². The number of nitrogens with one attached hydrogen (secondary N) is 1. The molecule has 0 radical (unpaired) electrons. The average Bonchev–Trinajstić information content (AvgIpc) is 3.21. The molecule has 1 saturated heterocycles. The first kappa shape index (κ1) is 13.5. The highest BCUT2D eigenvalue weighted by Crippen LogP contribution is 2.45. The normalized spacial score (nSPS) is 21.6. The van der Waals surface area contributed by atoms with Gasteiger partial charge in [0, 0.05) is 13.1 Å². The van der Waals surface area contributed by atoms with Crippen LogP contribution < -0.4 is 5.32 Å². The van der Waals surface area contributed by atoms with Gasteiger partial charge in [0.25, 0.3) is 0 Å². The highest BCUT2D eigenvalue weighted by atomic mass is 16.2. The summed E-state index contributed by atoms with van der Waals surface area (Å²) in [5, 5.41) is 3.27. The number of carbonyl (C=O) groups is 1. The third-order valence-corrected chi connectivity index (χ3v) is 4.77. The van der Waals surface area contributed by atoms with Gasteiger partial charge in [-0.3, -0.25) is 0 Å². The number of rotatable bonds is 2. The minimum atomic E-state index is -0.0894. The fraction of sp³-hybridized carbons (Fsp3) is 0.588. The zero-order valence-corrected chi connectivity index (χ0v) is 12.5. The molecule has 1 N–H and O–H groups in total. The summed E-state index contributed by atoms with van der Waals surface area (Å²) < 4.78 is 0. The molecule has 1 heterocycles. The minimum Gasteiger partial charge on any atom is -0.328 e. The predicted molar refractivity (Wildman–Crippen MR) is 80.6 cm³/mol. The second kappa shape index (κ2) is 5.12. The van der Waals surface area contributed by atoms with Crippen molar-refractivity contribution in [2.45, 2.75) is 45.1 Å². The number of nitrogens with zero attached hydrogens (tertiary/aromatic N) is 1. The van der Waals surface area contributed by atoms with Gasteiger partial charge >= 0.3 is 6.03 Å². The number of hydrogen-bond donors (Lipinski definition) is 1. The quantitative estimate of drug-likeness (QED) is 0.879. The van der Waals surface area contributed by atoms with Crippen LogP contribution in [0.1, 0.15) is 43.7 Å². The number of hydrogen-bond acceptors (Lipinski definition) is 1. The standard InChI is InChI=1S/C17H24N2O/c1-13-3-5-15(6-4-13)17(9-10-17)18-16(20)19-11-7-14(2)8-12-19/h3-6,14H,7-12H2,1-2H3,(H,18,20). The van der Waals surface area contributed by atoms with E-state index in [1.54, 1.807) is 0 Å². The molecule has 0 bridgehead atoms. The van der Waals surface area contributed by atoms with Gasteiger partial charge in [-0.1, -0.05) is 36.8 Å². The van der Waals surface area contributed by atoms with Gasteiger partial charge in [-0.25, -0.2) is 4.79 Å². The van der Waals surface area contributed by atoms with Crippen LogP contribution in [0.15, 0.2) is 24.3 Å². The SMILES string of the molecule is Cc1ccc(C2(NC(=O)N3CCC(C)CC3)CC2)cc1. The smallest absolute Gasteiger partial charge is 0.318 e. The monoisotopic (exact) mass is 272 g/mol. The number of aryl methyl sites for hydroxylation is 1. The highest BCUT2D eigenvalue weighted by molar-refractivity contribution is 5.76. The van der Waals surface area contributed by atoms with Crippen LogP contribution in [0.5, 0.6) is 0 Å². The fourth-order valence-electron chi connectivity index (χ4n) is 2.98. The van der Waals surface area contributed by atoms with Crippen LogP contribution in [0.25, 0.3) is 0 Å². The molecule has 0 spiro atoms. The third-order valence-electron chi connectivity index (χ3n) is 4.77. The van der Waals surface area contributed by atoms with Gasteiger partial charge in [0.15, 0.2) is 0 Å². The van der Waals surface area contributed by atoms with Gasteiger partial charge < -0.3 is 10.2 Å². The van der Waals surface area contributed by atoms with Crippen LogP contribution in [-0.4, -0.2) is 24.0 Å². The van der Waals surface area contributed by atoms with Crippen molar-refractivity contribution in [1.82, 2.24) is 10.2 Å². The Morgan fingerprint density at radius 1 is 1.20 bits per heavy atom. The first-order valence-corrected chi connectivity index (χ1v) is 7.73. The summed E-state index contributed by atoms with van der Waals surface area (Å²) >= 11 is 0. The number of benzene rings is 1. The van der Waals surface area contributed by atoms with Crippen LogP contribution >= 0.6 is 0 Å². The highest BCUT2D eigenvalue weighted by Gasteiger charge is 2.46. The van der Waals surface area contributed by atoms with Crippen molar-refractivity contribution in [3.63, 3.8) is 0 Å². The number of likely N-dealkylation sites (tertiary alicyclic amines) is 1. The fourth-order valence-corrected chi connectivity index (χ4v) is 2.98. The molecule has 1 aromatic carbocycles. The summed E-state index contributed by atoms with van der Waals surface area (Å²) in [7, 11) is 0. The molecule has 108 valence electrons. The summed E-state index contributed by atoms with van der Waals surface area (Å²) in [6.45, 7) is 6.16. The van der Waals surface area contributed by atoms with E-state index < -0.39 is 0 Å². The van der Waals surface area contributed by atoms with E-state index in [2.05, 4.69) is 43.4 Å². The number of urea groups is 1. The first-order valence-electron chi connectivity index (χ1n) is 7.73. The van der Waals surface area contributed by atoms with Gasteiger partial charge in [-0.15, -0.1) is 0 Å². The molecular formula is C17H24N2O. The number of amides is 2. The average molecular weight is 272 g/mol. The summed E-state index contributed by atoms with van der Waals surface area (Å²) in [6, 6.07) is 8.69. The summed E-state index contributed by atoms with van der Waals surface area (Å²) in [5.41, 5.74) is 2.43. The number of carbonyl (C=O) groups excluding carboxylic acids is 1. The van der Waals surface area contributed by atoms with E-state index in [-0.39, 0.29) is 11.6 Å². The molecule has 2 fully saturated rings. The van der Waals surface area contributed by atoms with E-state index >= 15 is 0 Å². The van der Waals surface area contributed by atoms with Crippen molar-refractivity contribution in [3.05, 3.63) is 35.4 Å². The van der Waals surface area contributed by atoms with Crippen molar-refractivity contribution < 1.29 is 4.79 Å². The molecule has 2 amide bonds. The molecular weight excluding hydrogens is 248 g/mol. The lowest BCUT2D eigenvalue weighted by atomic mass is 9.99. The second-order valence-corrected chi connectivity index (χ2v) is 6.55. The topological polar surface area (TPSA) is 32.3 Å². The van der Waals surface area contributed by atoms with Crippen molar-refractivity contribution in [1.29, 1.82) is 0 Å². The van der Waals surface area contributed by atoms with Crippen molar-refractivity contribution in [2.75, 3.05) is 13.1 Å². The molecule has 1 aliphatic heterocycles. The summed E-state index contributed by atoms with van der Waals surface area (Å²) in [5.74, 6) is 0.756. The van der Waals surface area contributed by atoms with Crippen LogP contribution in [0.3, 0.4) is 0 Å². The van der Waals surface area contributed by atoms with Gasteiger partial charge in [0.05, 0.1) is 5.54 Å². The molecule has 3 rings (SSSR count). The second-order valence-electron chi connectivity index (χ2n) is 6.55. The molecule has 3 heteroatoms. The van der Waals surface area contributed by atoms with Gasteiger partial charge in [-0.05, 0) is 44.1 Å². The Morgan fingerprint density at radius 3 is 2.35 bits per heavy atom. The lowest BCUT2D eigenvalue weighted by Gasteiger charge is -2.32. The molecule has 20 heavy (non-hydrogen) atoms. The third kappa shape index (κ3) is 2.67. The number of piperidine rings is 1. The summed E-state index contributed by atoms with van der Waals surface area (Å²) in [4.78, 5) is 14.4. The molecule has 1 aromatic rings. The van der Waals surface area contributed by atoms with Crippen LogP contribution in [0.2, 0.25) is 0 Å². The molecule has 0 unspecified atom stereocenters. The van der Waals surface area contributed by atoms with E-state index in [1.165, 1.54) is 11.1 Å². The van der Waals surface area contributed by atoms with Gasteiger partial charge in [0.1, 0.15) is 0 Å². The van der Waals surface area contributed by atoms with Gasteiger partial charge in [-0.2, -0.15) is 0 Å². The predicted octanol–water partition coefficient (Wildman–Crippen LogP) is 3.43. The van der Waals surface area contributed by atoms with Crippen molar-refractivity contribution in [2.24, 2.45) is 5.92 Å². The van der Waals surface area contributed by atoms with E-state index in [0.717, 1.165) is 44.7 Å². The molecule has 3 nitrogen and oxygen atoms in total. The summed E-state index contributed by atoms with van der Waals surface area (Å²) in [6.07, 6.45) is 4.38. The maximum atomic E-state index is 12.4. The molecule has 2 aliphatic rings. The van der Waals surface area contributed by atoms with Crippen molar-refractivity contribution >= 4 is 6.03 Å². The Balaban J connectivity index is 1.65. The first-order chi connectivity index (χ1) is 9.59. The zero-order valence-electron chi connectivity index (χ0n) is 12.5. The van der Waals surface area contributed by atoms with E-state index in [9.17, 15) is 4.79 Å². The Morgan fingerprint density at radius 2 is 1.80 bits per heavy atom. The largest absolute Gasteiger partial charge is 0.328 e. The van der Waals surface area contributed by atoms with Crippen molar-refractivity contribution in [3.8, 4) is 0 Å². The Hall–Kier alpha value is -1.51. The molecule has 1 saturated carbocycles. The Bertz CT molecular complexity index is 482.